The molecule has 0 fully saturated rings. The summed E-state index contributed by atoms with van der Waals surface area (Å²) in [7, 11) is -2.85. The zero-order valence-corrected chi connectivity index (χ0v) is 8.53. The van der Waals surface area contributed by atoms with Crippen LogP contribution in [0.4, 0.5) is 0 Å². The van der Waals surface area contributed by atoms with E-state index in [9.17, 15) is 4.57 Å². The Morgan fingerprint density at radius 3 is 2.00 bits per heavy atom. The van der Waals surface area contributed by atoms with Crippen LogP contribution in [0.25, 0.3) is 0 Å². The van der Waals surface area contributed by atoms with Gasteiger partial charge in [0.1, 0.15) is 0 Å². The lowest BCUT2D eigenvalue weighted by atomic mass is 10.9. The van der Waals surface area contributed by atoms with Gasteiger partial charge in [-0.05, 0) is 13.8 Å². The van der Waals surface area contributed by atoms with E-state index in [1.165, 1.54) is 0 Å². The molecule has 0 saturated carbocycles. The summed E-state index contributed by atoms with van der Waals surface area (Å²) in [6.07, 6.45) is 0.288. The van der Waals surface area contributed by atoms with Crippen LogP contribution in [0.5, 0.6) is 0 Å². The molecule has 0 aromatic carbocycles. The molecule has 0 spiro atoms. The highest BCUT2D eigenvalue weighted by Crippen LogP contribution is 2.47. The van der Waals surface area contributed by atoms with Crippen molar-refractivity contribution >= 4 is 19.2 Å². The molecule has 0 atom stereocenters. The van der Waals surface area contributed by atoms with E-state index in [1.54, 1.807) is 13.8 Å². The standard InChI is InChI=1S/C6H14ClO3P/c1-3-9-11(8,6-5-7)10-4-2/h3-6H2,1-2H3. The lowest BCUT2D eigenvalue weighted by Gasteiger charge is -2.14. The van der Waals surface area contributed by atoms with Crippen LogP contribution in [0.2, 0.25) is 0 Å². The van der Waals surface area contributed by atoms with Crippen LogP contribution < -0.4 is 0 Å². The predicted molar refractivity (Wildman–Crippen MR) is 46.4 cm³/mol. The lowest BCUT2D eigenvalue weighted by Crippen LogP contribution is -2.00. The molecule has 0 amide bonds. The second-order valence-electron chi connectivity index (χ2n) is 1.86. The van der Waals surface area contributed by atoms with Crippen molar-refractivity contribution in [3.05, 3.63) is 0 Å². The summed E-state index contributed by atoms with van der Waals surface area (Å²) in [6.45, 7) is 4.35. The molecular weight excluding hydrogens is 186 g/mol. The molecule has 0 aliphatic heterocycles. The molecule has 68 valence electrons. The highest BCUT2D eigenvalue weighted by molar-refractivity contribution is 7.53. The Kier molecular flexibility index (Phi) is 6.25. The molecule has 0 unspecified atom stereocenters. The van der Waals surface area contributed by atoms with Crippen LogP contribution in [-0.4, -0.2) is 25.3 Å². The van der Waals surface area contributed by atoms with Crippen molar-refractivity contribution in [1.82, 2.24) is 0 Å². The molecule has 0 bridgehead atoms. The fourth-order valence-corrected chi connectivity index (χ4v) is 2.61. The van der Waals surface area contributed by atoms with Crippen molar-refractivity contribution in [2.75, 3.05) is 25.3 Å². The third kappa shape index (κ3) is 4.81. The fraction of sp³-hybridized carbons (Fsp3) is 1.00. The number of hydrogen-bond acceptors (Lipinski definition) is 3. The van der Waals surface area contributed by atoms with Crippen molar-refractivity contribution in [2.45, 2.75) is 13.8 Å². The van der Waals surface area contributed by atoms with Crippen LogP contribution in [0.3, 0.4) is 0 Å². The van der Waals surface area contributed by atoms with Gasteiger partial charge >= 0.3 is 7.60 Å². The van der Waals surface area contributed by atoms with Gasteiger partial charge in [0, 0.05) is 5.88 Å². The maximum atomic E-state index is 11.5. The van der Waals surface area contributed by atoms with Gasteiger partial charge in [0.2, 0.25) is 0 Å². The molecule has 5 heteroatoms. The van der Waals surface area contributed by atoms with E-state index in [4.69, 9.17) is 20.6 Å². The molecule has 0 aliphatic rings. The average molecular weight is 201 g/mol. The summed E-state index contributed by atoms with van der Waals surface area (Å²) in [5, 5.41) is 0. The Morgan fingerprint density at radius 1 is 1.27 bits per heavy atom. The SMILES string of the molecule is CCOP(=O)(CCCl)OCC. The van der Waals surface area contributed by atoms with E-state index in [-0.39, 0.29) is 6.16 Å². The molecule has 0 heterocycles. The topological polar surface area (TPSA) is 35.5 Å². The molecule has 11 heavy (non-hydrogen) atoms. The van der Waals surface area contributed by atoms with Crippen molar-refractivity contribution in [3.63, 3.8) is 0 Å². The van der Waals surface area contributed by atoms with E-state index in [1.807, 2.05) is 0 Å². The zero-order chi connectivity index (χ0) is 8.74. The fourth-order valence-electron chi connectivity index (χ4n) is 0.663. The first-order chi connectivity index (χ1) is 5.18. The van der Waals surface area contributed by atoms with E-state index in [0.717, 1.165) is 0 Å². The number of rotatable bonds is 6. The monoisotopic (exact) mass is 200 g/mol. The van der Waals surface area contributed by atoms with E-state index in [0.29, 0.717) is 19.1 Å². The summed E-state index contributed by atoms with van der Waals surface area (Å²) in [5.41, 5.74) is 0. The Balaban J connectivity index is 3.91. The highest BCUT2D eigenvalue weighted by atomic mass is 35.5. The van der Waals surface area contributed by atoms with Crippen molar-refractivity contribution in [3.8, 4) is 0 Å². The Bertz CT molecular complexity index is 116. The van der Waals surface area contributed by atoms with Gasteiger partial charge in [0.25, 0.3) is 0 Å². The summed E-state index contributed by atoms with van der Waals surface area (Å²) in [4.78, 5) is 0. The summed E-state index contributed by atoms with van der Waals surface area (Å²) >= 11 is 5.43. The van der Waals surface area contributed by atoms with Crippen LogP contribution in [-0.2, 0) is 13.6 Å². The Labute approximate surface area is 72.6 Å². The van der Waals surface area contributed by atoms with E-state index >= 15 is 0 Å². The normalized spacial score (nSPS) is 11.9. The van der Waals surface area contributed by atoms with Crippen LogP contribution in [0.1, 0.15) is 13.8 Å². The molecule has 0 N–H and O–H groups in total. The van der Waals surface area contributed by atoms with Crippen molar-refractivity contribution in [1.29, 1.82) is 0 Å². The second-order valence-corrected chi connectivity index (χ2v) is 4.42. The lowest BCUT2D eigenvalue weighted by molar-refractivity contribution is 0.221. The van der Waals surface area contributed by atoms with Gasteiger partial charge in [-0.25, -0.2) is 0 Å². The van der Waals surface area contributed by atoms with E-state index < -0.39 is 7.60 Å². The number of alkyl halides is 1. The quantitative estimate of drug-likeness (QED) is 0.488. The minimum Gasteiger partial charge on any atom is -0.309 e. The molecule has 3 nitrogen and oxygen atoms in total. The molecular formula is C6H14ClO3P. The van der Waals surface area contributed by atoms with Crippen LogP contribution in [0, 0.1) is 0 Å². The summed E-state index contributed by atoms with van der Waals surface area (Å²) in [6, 6.07) is 0. The van der Waals surface area contributed by atoms with Crippen LogP contribution >= 0.6 is 19.2 Å². The summed E-state index contributed by atoms with van der Waals surface area (Å²) < 4.78 is 21.4. The smallest absolute Gasteiger partial charge is 0.309 e. The first-order valence-corrected chi connectivity index (χ1v) is 5.89. The Hall–Kier alpha value is 0.440. The third-order valence-electron chi connectivity index (χ3n) is 1.01. The minimum absolute atomic E-state index is 0.288. The van der Waals surface area contributed by atoms with E-state index in [2.05, 4.69) is 0 Å². The first-order valence-electron chi connectivity index (χ1n) is 3.62. The zero-order valence-electron chi connectivity index (χ0n) is 6.88. The molecule has 0 radical (unpaired) electrons. The van der Waals surface area contributed by atoms with Gasteiger partial charge < -0.3 is 9.05 Å². The van der Waals surface area contributed by atoms with Gasteiger partial charge in [-0.15, -0.1) is 11.6 Å². The predicted octanol–water partition coefficient (Wildman–Crippen LogP) is 2.49. The van der Waals surface area contributed by atoms with Crippen LogP contribution in [0.15, 0.2) is 0 Å². The van der Waals surface area contributed by atoms with Gasteiger partial charge in [0.05, 0.1) is 19.4 Å². The first kappa shape index (κ1) is 11.4. The highest BCUT2D eigenvalue weighted by Gasteiger charge is 2.21. The number of hydrogen-bond donors (Lipinski definition) is 0. The molecule has 0 saturated heterocycles. The van der Waals surface area contributed by atoms with Crippen molar-refractivity contribution in [2.24, 2.45) is 0 Å². The minimum atomic E-state index is -2.85. The third-order valence-corrected chi connectivity index (χ3v) is 3.54. The molecule has 0 aliphatic carbocycles. The van der Waals surface area contributed by atoms with Gasteiger partial charge in [0.15, 0.2) is 0 Å². The Morgan fingerprint density at radius 2 is 1.73 bits per heavy atom. The van der Waals surface area contributed by atoms with Gasteiger partial charge in [-0.3, -0.25) is 4.57 Å². The largest absolute Gasteiger partial charge is 0.331 e. The summed E-state index contributed by atoms with van der Waals surface area (Å²) in [5.74, 6) is 0.303. The maximum Gasteiger partial charge on any atom is 0.331 e. The molecule has 0 aromatic rings. The molecule has 0 aromatic heterocycles. The van der Waals surface area contributed by atoms with Gasteiger partial charge in [-0.1, -0.05) is 0 Å². The maximum absolute atomic E-state index is 11.5. The molecule has 0 rings (SSSR count). The second kappa shape index (κ2) is 6.01. The van der Waals surface area contributed by atoms with Gasteiger partial charge in [-0.2, -0.15) is 0 Å². The number of halogens is 1. The average Bonchev–Trinajstić information content (AvgIpc) is 1.88. The van der Waals surface area contributed by atoms with Crippen molar-refractivity contribution < 1.29 is 13.6 Å².